The van der Waals surface area contributed by atoms with E-state index in [2.05, 4.69) is 42.5 Å². The summed E-state index contributed by atoms with van der Waals surface area (Å²) in [5.41, 5.74) is -0.456. The second-order valence-corrected chi connectivity index (χ2v) is 9.50. The zero-order valence-corrected chi connectivity index (χ0v) is 17.6. The van der Waals surface area contributed by atoms with Crippen LogP contribution in [0.5, 0.6) is 0 Å². The topological polar surface area (TPSA) is 90.1 Å². The van der Waals surface area contributed by atoms with Crippen molar-refractivity contribution in [2.24, 2.45) is 0 Å². The van der Waals surface area contributed by atoms with Gasteiger partial charge in [-0.1, -0.05) is 6.92 Å². The quantitative estimate of drug-likeness (QED) is 0.373. The zero-order chi connectivity index (χ0) is 21.0. The van der Waals surface area contributed by atoms with Gasteiger partial charge in [0.15, 0.2) is 20.5 Å². The average molecular weight is 533 g/mol. The summed E-state index contributed by atoms with van der Waals surface area (Å²) in [6, 6.07) is 4.29. The molecule has 0 N–H and O–H groups in total. The van der Waals surface area contributed by atoms with Crippen molar-refractivity contribution in [2.45, 2.75) is 18.1 Å². The SMILES string of the molecule is CCS(=O)(=O)c1c(-c2cnc3cc(C(F)(F)F)cnc3n2)nc2ccc(I)cn12. The molecule has 0 radical (unpaired) electrons. The lowest BCUT2D eigenvalue weighted by molar-refractivity contribution is -0.137. The van der Waals surface area contributed by atoms with Crippen LogP contribution in [-0.4, -0.2) is 38.5 Å². The maximum Gasteiger partial charge on any atom is 0.417 e. The van der Waals surface area contributed by atoms with Crippen molar-refractivity contribution < 1.29 is 21.6 Å². The van der Waals surface area contributed by atoms with Crippen LogP contribution in [0, 0.1) is 3.57 Å². The first-order chi connectivity index (χ1) is 13.6. The molecule has 4 aromatic rings. The van der Waals surface area contributed by atoms with Gasteiger partial charge in [-0.25, -0.2) is 23.4 Å². The van der Waals surface area contributed by atoms with E-state index in [4.69, 9.17) is 0 Å². The number of sulfone groups is 1. The summed E-state index contributed by atoms with van der Waals surface area (Å²) >= 11 is 2.06. The normalized spacial score (nSPS) is 12.7. The molecule has 4 aromatic heterocycles. The highest BCUT2D eigenvalue weighted by Gasteiger charge is 2.31. The minimum absolute atomic E-state index is 0.0398. The van der Waals surface area contributed by atoms with E-state index in [0.29, 0.717) is 11.8 Å². The van der Waals surface area contributed by atoms with Crippen LogP contribution in [0.25, 0.3) is 28.2 Å². The number of nitrogens with zero attached hydrogens (tertiary/aromatic N) is 5. The molecule has 0 spiro atoms. The molecule has 7 nitrogen and oxygen atoms in total. The van der Waals surface area contributed by atoms with Crippen molar-refractivity contribution >= 4 is 49.2 Å². The maximum atomic E-state index is 12.9. The highest BCUT2D eigenvalue weighted by molar-refractivity contribution is 14.1. The molecule has 4 heterocycles. The summed E-state index contributed by atoms with van der Waals surface area (Å²) in [5.74, 6) is -0.159. The van der Waals surface area contributed by atoms with Gasteiger partial charge >= 0.3 is 6.18 Å². The Labute approximate surface area is 176 Å². The van der Waals surface area contributed by atoms with E-state index in [1.54, 1.807) is 18.3 Å². The molecule has 0 bridgehead atoms. The average Bonchev–Trinajstić information content (AvgIpc) is 3.05. The van der Waals surface area contributed by atoms with Crippen molar-refractivity contribution in [3.05, 3.63) is 45.9 Å². The minimum atomic E-state index is -4.55. The van der Waals surface area contributed by atoms with E-state index >= 15 is 0 Å². The van der Waals surface area contributed by atoms with Crippen LogP contribution in [0.1, 0.15) is 12.5 Å². The third-order valence-corrected chi connectivity index (χ3v) is 6.56. The highest BCUT2D eigenvalue weighted by atomic mass is 127. The number of aromatic nitrogens is 5. The van der Waals surface area contributed by atoms with Crippen LogP contribution in [0.4, 0.5) is 13.2 Å². The Morgan fingerprint density at radius 3 is 2.59 bits per heavy atom. The second kappa shape index (κ2) is 6.86. The molecule has 0 atom stereocenters. The maximum absolute atomic E-state index is 12.9. The summed E-state index contributed by atoms with van der Waals surface area (Å²) in [7, 11) is -3.70. The fraction of sp³-hybridized carbons (Fsp3) is 0.176. The summed E-state index contributed by atoms with van der Waals surface area (Å²) in [5, 5.41) is -0.0472. The Morgan fingerprint density at radius 1 is 1.14 bits per heavy atom. The molecule has 0 unspecified atom stereocenters. The summed E-state index contributed by atoms with van der Waals surface area (Å²) in [6.45, 7) is 1.51. The number of pyridine rings is 2. The number of fused-ring (bicyclic) bond motifs is 2. The summed E-state index contributed by atoms with van der Waals surface area (Å²) in [4.78, 5) is 16.3. The van der Waals surface area contributed by atoms with Crippen molar-refractivity contribution in [3.63, 3.8) is 0 Å². The molecule has 0 aliphatic carbocycles. The number of rotatable bonds is 3. The molecule has 0 saturated heterocycles. The van der Waals surface area contributed by atoms with Crippen LogP contribution >= 0.6 is 22.6 Å². The van der Waals surface area contributed by atoms with Crippen LogP contribution in [0.15, 0.2) is 41.8 Å². The lowest BCUT2D eigenvalue weighted by Gasteiger charge is -2.07. The van der Waals surface area contributed by atoms with Gasteiger partial charge in [-0.3, -0.25) is 9.38 Å². The third-order valence-electron chi connectivity index (χ3n) is 4.18. The zero-order valence-electron chi connectivity index (χ0n) is 14.6. The number of alkyl halides is 3. The van der Waals surface area contributed by atoms with E-state index in [0.717, 1.165) is 9.64 Å². The Balaban J connectivity index is 1.97. The Morgan fingerprint density at radius 2 is 1.90 bits per heavy atom. The van der Waals surface area contributed by atoms with Gasteiger partial charge in [0.2, 0.25) is 0 Å². The van der Waals surface area contributed by atoms with Gasteiger partial charge in [0, 0.05) is 16.0 Å². The highest BCUT2D eigenvalue weighted by Crippen LogP contribution is 2.31. The van der Waals surface area contributed by atoms with Gasteiger partial charge in [-0.05, 0) is 40.8 Å². The van der Waals surface area contributed by atoms with Crippen molar-refractivity contribution in [3.8, 4) is 11.4 Å². The van der Waals surface area contributed by atoms with E-state index in [1.807, 2.05) is 0 Å². The predicted molar refractivity (Wildman–Crippen MR) is 107 cm³/mol. The summed E-state index contributed by atoms with van der Waals surface area (Å²) < 4.78 is 66.4. The van der Waals surface area contributed by atoms with Gasteiger partial charge < -0.3 is 0 Å². The van der Waals surface area contributed by atoms with E-state index in [9.17, 15) is 21.6 Å². The van der Waals surface area contributed by atoms with Crippen molar-refractivity contribution in [1.82, 2.24) is 24.3 Å². The van der Waals surface area contributed by atoms with Gasteiger partial charge in [0.1, 0.15) is 22.6 Å². The molecule has 0 aliphatic heterocycles. The molecule has 4 rings (SSSR count). The first-order valence-corrected chi connectivity index (χ1v) is 10.9. The van der Waals surface area contributed by atoms with Crippen LogP contribution in [0.2, 0.25) is 0 Å². The van der Waals surface area contributed by atoms with Crippen LogP contribution in [-0.2, 0) is 16.0 Å². The molecule has 150 valence electrons. The molecule has 29 heavy (non-hydrogen) atoms. The fourth-order valence-corrected chi connectivity index (χ4v) is 4.39. The fourth-order valence-electron chi connectivity index (χ4n) is 2.77. The van der Waals surface area contributed by atoms with Gasteiger partial charge in [0.05, 0.1) is 17.5 Å². The number of hydrogen-bond acceptors (Lipinski definition) is 6. The van der Waals surface area contributed by atoms with E-state index in [1.165, 1.54) is 17.5 Å². The van der Waals surface area contributed by atoms with E-state index < -0.39 is 21.6 Å². The Bertz CT molecular complexity index is 1370. The lowest BCUT2D eigenvalue weighted by atomic mass is 10.2. The van der Waals surface area contributed by atoms with Gasteiger partial charge in [0.25, 0.3) is 0 Å². The monoisotopic (exact) mass is 533 g/mol. The molecular formula is C17H11F3IN5O2S. The third kappa shape index (κ3) is 3.54. The molecule has 0 amide bonds. The molecular weight excluding hydrogens is 522 g/mol. The Kier molecular flexibility index (Phi) is 4.72. The summed E-state index contributed by atoms with van der Waals surface area (Å²) in [6.07, 6.45) is -1.05. The van der Waals surface area contributed by atoms with E-state index in [-0.39, 0.29) is 33.3 Å². The van der Waals surface area contributed by atoms with Crippen LogP contribution in [0.3, 0.4) is 0 Å². The minimum Gasteiger partial charge on any atom is -0.289 e. The molecule has 0 aliphatic rings. The van der Waals surface area contributed by atoms with Crippen LogP contribution < -0.4 is 0 Å². The number of imidazole rings is 1. The smallest absolute Gasteiger partial charge is 0.289 e. The lowest BCUT2D eigenvalue weighted by Crippen LogP contribution is -2.09. The first kappa shape index (κ1) is 19.9. The Hall–Kier alpha value is -2.35. The van der Waals surface area contributed by atoms with Gasteiger partial charge in [-0.15, -0.1) is 0 Å². The molecule has 0 saturated carbocycles. The molecule has 0 aromatic carbocycles. The predicted octanol–water partition coefficient (Wildman–Crippen LogP) is 3.76. The largest absolute Gasteiger partial charge is 0.417 e. The number of hydrogen-bond donors (Lipinski definition) is 0. The molecule has 12 heteroatoms. The number of halogens is 4. The van der Waals surface area contributed by atoms with Gasteiger partial charge in [-0.2, -0.15) is 13.2 Å². The molecule has 0 fully saturated rings. The first-order valence-electron chi connectivity index (χ1n) is 8.21. The van der Waals surface area contributed by atoms with Crippen molar-refractivity contribution in [1.29, 1.82) is 0 Å². The van der Waals surface area contributed by atoms with Crippen molar-refractivity contribution in [2.75, 3.05) is 5.75 Å². The standard InChI is InChI=1S/C17H11F3IN5O2S/c1-2-29(27,28)16-14(25-13-4-3-10(21)8-26(13)16)12-7-22-11-5-9(17(18,19)20)6-23-15(11)24-12/h3-8H,2H2,1H3. The second-order valence-electron chi connectivity index (χ2n) is 6.06.